The van der Waals surface area contributed by atoms with Crippen LogP contribution >= 0.6 is 11.8 Å². The number of hydrogen-bond acceptors (Lipinski definition) is 5. The molecule has 0 spiro atoms. The molecule has 0 atom stereocenters. The molecular weight excluding hydrogens is 330 g/mol. The van der Waals surface area contributed by atoms with Crippen LogP contribution in [0.4, 0.5) is 0 Å². The first-order chi connectivity index (χ1) is 12.4. The number of nitrogens with one attached hydrogen (secondary N) is 1. The van der Waals surface area contributed by atoms with E-state index in [1.807, 2.05) is 11.8 Å². The lowest BCUT2D eigenvalue weighted by Gasteiger charge is -2.32. The Kier molecular flexibility index (Phi) is 5.69. The molecule has 1 aromatic carbocycles. The molecule has 1 N–H and O–H groups in total. The highest BCUT2D eigenvalue weighted by atomic mass is 32.2. The molecule has 2 aliphatic rings. The Morgan fingerprint density at radius 2 is 1.92 bits per heavy atom. The normalized spacial score (nSPS) is 19.0. The minimum atomic E-state index is 0.590. The van der Waals surface area contributed by atoms with Crippen molar-refractivity contribution in [3.05, 3.63) is 47.5 Å². The van der Waals surface area contributed by atoms with Crippen molar-refractivity contribution in [1.82, 2.24) is 25.0 Å². The highest BCUT2D eigenvalue weighted by Gasteiger charge is 2.26. The van der Waals surface area contributed by atoms with E-state index in [2.05, 4.69) is 55.3 Å². The summed E-state index contributed by atoms with van der Waals surface area (Å²) in [7, 11) is 0. The highest BCUT2D eigenvalue weighted by molar-refractivity contribution is 7.98. The molecule has 1 saturated heterocycles. The second-order valence-electron chi connectivity index (χ2n) is 6.96. The van der Waals surface area contributed by atoms with E-state index >= 15 is 0 Å². The van der Waals surface area contributed by atoms with Crippen LogP contribution in [0.2, 0.25) is 0 Å². The molecule has 6 heteroatoms. The summed E-state index contributed by atoms with van der Waals surface area (Å²) in [4.78, 5) is 2.61. The van der Waals surface area contributed by atoms with Gasteiger partial charge in [-0.05, 0) is 31.5 Å². The average Bonchev–Trinajstić information content (AvgIpc) is 3.11. The molecule has 3 heterocycles. The maximum Gasteiger partial charge on any atom is 0.147 e. The monoisotopic (exact) mass is 357 g/mol. The fourth-order valence-electron chi connectivity index (χ4n) is 3.79. The molecule has 1 fully saturated rings. The van der Waals surface area contributed by atoms with Gasteiger partial charge < -0.3 is 14.8 Å². The van der Waals surface area contributed by atoms with Crippen LogP contribution in [0, 0.1) is 0 Å². The molecule has 2 aromatic rings. The molecule has 4 rings (SSSR count). The van der Waals surface area contributed by atoms with Crippen LogP contribution in [0.15, 0.2) is 30.3 Å². The maximum absolute atomic E-state index is 4.51. The number of piperidine rings is 1. The standard InChI is InChI=1S/C19H27N5S/c1-2-4-16(5-3-1)15-25-13-12-23-9-6-17(7-10-23)19-22-21-18-14-20-8-11-24(18)19/h1-5,17,20H,6-15H2. The molecule has 0 aliphatic carbocycles. The van der Waals surface area contributed by atoms with E-state index in [4.69, 9.17) is 0 Å². The Bertz CT molecular complexity index is 664. The van der Waals surface area contributed by atoms with E-state index in [1.165, 1.54) is 49.6 Å². The van der Waals surface area contributed by atoms with Crippen molar-refractivity contribution in [1.29, 1.82) is 0 Å². The number of likely N-dealkylation sites (tertiary alicyclic amines) is 1. The van der Waals surface area contributed by atoms with Gasteiger partial charge in [0.05, 0.1) is 6.54 Å². The zero-order valence-electron chi connectivity index (χ0n) is 14.7. The smallest absolute Gasteiger partial charge is 0.147 e. The van der Waals surface area contributed by atoms with Crippen LogP contribution in [-0.2, 0) is 18.8 Å². The number of hydrogen-bond donors (Lipinski definition) is 1. The van der Waals surface area contributed by atoms with E-state index in [1.54, 1.807) is 0 Å². The Morgan fingerprint density at radius 1 is 1.08 bits per heavy atom. The van der Waals surface area contributed by atoms with Gasteiger partial charge in [-0.2, -0.15) is 11.8 Å². The molecule has 1 aromatic heterocycles. The van der Waals surface area contributed by atoms with Crippen LogP contribution < -0.4 is 5.32 Å². The van der Waals surface area contributed by atoms with E-state index in [0.29, 0.717) is 5.92 Å². The van der Waals surface area contributed by atoms with E-state index < -0.39 is 0 Å². The van der Waals surface area contributed by atoms with Crippen molar-refractivity contribution in [3.63, 3.8) is 0 Å². The number of thioether (sulfide) groups is 1. The van der Waals surface area contributed by atoms with Gasteiger partial charge in [0.15, 0.2) is 0 Å². The van der Waals surface area contributed by atoms with Gasteiger partial charge in [-0.25, -0.2) is 0 Å². The summed E-state index contributed by atoms with van der Waals surface area (Å²) in [6, 6.07) is 10.8. The summed E-state index contributed by atoms with van der Waals surface area (Å²) in [5, 5.41) is 12.3. The van der Waals surface area contributed by atoms with Gasteiger partial charge in [0.2, 0.25) is 0 Å². The number of fused-ring (bicyclic) bond motifs is 1. The fourth-order valence-corrected chi connectivity index (χ4v) is 4.75. The second-order valence-corrected chi connectivity index (χ2v) is 8.06. The first kappa shape index (κ1) is 17.1. The number of nitrogens with zero attached hydrogens (tertiary/aromatic N) is 4. The number of aromatic nitrogens is 3. The number of benzene rings is 1. The van der Waals surface area contributed by atoms with Gasteiger partial charge in [-0.15, -0.1) is 10.2 Å². The van der Waals surface area contributed by atoms with Crippen LogP contribution in [0.1, 0.15) is 36.0 Å². The minimum Gasteiger partial charge on any atom is -0.312 e. The first-order valence-corrected chi connectivity index (χ1v) is 10.5. The predicted octanol–water partition coefficient (Wildman–Crippen LogP) is 2.49. The van der Waals surface area contributed by atoms with Crippen molar-refractivity contribution < 1.29 is 0 Å². The second kappa shape index (κ2) is 8.34. The Hall–Kier alpha value is -1.37. The zero-order chi connectivity index (χ0) is 16.9. The van der Waals surface area contributed by atoms with Crippen LogP contribution in [0.5, 0.6) is 0 Å². The van der Waals surface area contributed by atoms with Crippen LogP contribution in [0.25, 0.3) is 0 Å². The van der Waals surface area contributed by atoms with Crippen molar-refractivity contribution in [3.8, 4) is 0 Å². The predicted molar refractivity (Wildman–Crippen MR) is 103 cm³/mol. The quantitative estimate of drug-likeness (QED) is 0.805. The van der Waals surface area contributed by atoms with Gasteiger partial charge in [0.25, 0.3) is 0 Å². The highest BCUT2D eigenvalue weighted by Crippen LogP contribution is 2.28. The molecule has 134 valence electrons. The Morgan fingerprint density at radius 3 is 2.76 bits per heavy atom. The number of rotatable bonds is 6. The molecule has 0 saturated carbocycles. The molecular formula is C19H27N5S. The van der Waals surface area contributed by atoms with Crippen LogP contribution in [-0.4, -0.2) is 51.6 Å². The van der Waals surface area contributed by atoms with Crippen LogP contribution in [0.3, 0.4) is 0 Å². The lowest BCUT2D eigenvalue weighted by Crippen LogP contribution is -2.36. The third-order valence-electron chi connectivity index (χ3n) is 5.27. The Labute approximate surface area is 154 Å². The van der Waals surface area contributed by atoms with Gasteiger partial charge in [-0.3, -0.25) is 0 Å². The molecule has 0 unspecified atom stereocenters. The van der Waals surface area contributed by atoms with Gasteiger partial charge in [-0.1, -0.05) is 30.3 Å². The first-order valence-electron chi connectivity index (χ1n) is 9.37. The van der Waals surface area contributed by atoms with Crippen molar-refractivity contribution in [2.45, 2.75) is 37.6 Å². The summed E-state index contributed by atoms with van der Waals surface area (Å²) in [6.07, 6.45) is 2.43. The minimum absolute atomic E-state index is 0.590. The lowest BCUT2D eigenvalue weighted by atomic mass is 9.96. The van der Waals surface area contributed by atoms with E-state index in [9.17, 15) is 0 Å². The zero-order valence-corrected chi connectivity index (χ0v) is 15.5. The van der Waals surface area contributed by atoms with Gasteiger partial charge in [0.1, 0.15) is 11.6 Å². The Balaban J connectivity index is 1.20. The average molecular weight is 358 g/mol. The fraction of sp³-hybridized carbons (Fsp3) is 0.579. The summed E-state index contributed by atoms with van der Waals surface area (Å²) in [6.45, 7) is 6.51. The third-order valence-corrected chi connectivity index (χ3v) is 6.28. The van der Waals surface area contributed by atoms with Gasteiger partial charge in [0, 0.05) is 37.1 Å². The topological polar surface area (TPSA) is 46.0 Å². The lowest BCUT2D eigenvalue weighted by molar-refractivity contribution is 0.218. The summed E-state index contributed by atoms with van der Waals surface area (Å²) >= 11 is 2.04. The van der Waals surface area contributed by atoms with E-state index in [0.717, 1.165) is 31.2 Å². The molecule has 5 nitrogen and oxygen atoms in total. The molecule has 0 bridgehead atoms. The SMILES string of the molecule is c1ccc(CSCCN2CCC(c3nnc4n3CCNC4)CC2)cc1. The van der Waals surface area contributed by atoms with Gasteiger partial charge >= 0.3 is 0 Å². The maximum atomic E-state index is 4.51. The van der Waals surface area contributed by atoms with E-state index in [-0.39, 0.29) is 0 Å². The molecule has 0 amide bonds. The summed E-state index contributed by atoms with van der Waals surface area (Å²) in [5.41, 5.74) is 1.43. The molecule has 0 radical (unpaired) electrons. The largest absolute Gasteiger partial charge is 0.312 e. The third kappa shape index (κ3) is 4.25. The summed E-state index contributed by atoms with van der Waals surface area (Å²) < 4.78 is 2.35. The van der Waals surface area contributed by atoms with Crippen molar-refractivity contribution >= 4 is 11.8 Å². The summed E-state index contributed by atoms with van der Waals surface area (Å²) in [5.74, 6) is 5.27. The van der Waals surface area contributed by atoms with Crippen molar-refractivity contribution in [2.75, 3.05) is 31.9 Å². The molecule has 2 aliphatic heterocycles. The van der Waals surface area contributed by atoms with Crippen molar-refractivity contribution in [2.24, 2.45) is 0 Å². The molecule has 25 heavy (non-hydrogen) atoms.